The van der Waals surface area contributed by atoms with E-state index in [9.17, 15) is 4.79 Å². The van der Waals surface area contributed by atoms with E-state index in [4.69, 9.17) is 14.2 Å². The molecule has 2 aromatic carbocycles. The minimum Gasteiger partial charge on any atom is -0.478 e. The number of hydrogen-bond donors (Lipinski definition) is 0. The molecule has 0 saturated heterocycles. The van der Waals surface area contributed by atoms with Crippen LogP contribution >= 0.6 is 0 Å². The number of benzene rings is 2. The van der Waals surface area contributed by atoms with Gasteiger partial charge in [-0.15, -0.1) is 0 Å². The van der Waals surface area contributed by atoms with Crippen LogP contribution in [0.25, 0.3) is 6.08 Å². The maximum absolute atomic E-state index is 12.7. The molecule has 4 rings (SSSR count). The van der Waals surface area contributed by atoms with E-state index in [1.165, 1.54) is 0 Å². The van der Waals surface area contributed by atoms with Crippen molar-refractivity contribution in [3.8, 4) is 11.5 Å². The van der Waals surface area contributed by atoms with Crippen LogP contribution in [0.3, 0.4) is 0 Å². The first-order valence-electron chi connectivity index (χ1n) is 8.75. The molecule has 0 atom stereocenters. The monoisotopic (exact) mass is 351 g/mol. The van der Waals surface area contributed by atoms with E-state index in [0.717, 1.165) is 36.4 Å². The summed E-state index contributed by atoms with van der Waals surface area (Å²) >= 11 is 0. The zero-order valence-electron chi connectivity index (χ0n) is 14.7. The van der Waals surface area contributed by atoms with E-state index in [2.05, 4.69) is 4.90 Å². The van der Waals surface area contributed by atoms with Gasteiger partial charge in [0.25, 0.3) is 0 Å². The summed E-state index contributed by atoms with van der Waals surface area (Å²) in [6, 6.07) is 13.4. The van der Waals surface area contributed by atoms with Gasteiger partial charge in [0.05, 0.1) is 11.1 Å². The molecular weight excluding hydrogens is 330 g/mol. The Balaban J connectivity index is 1.59. The Hall–Kier alpha value is -2.63. The van der Waals surface area contributed by atoms with Crippen LogP contribution in [0.1, 0.15) is 27.9 Å². The Labute approximate surface area is 152 Å². The summed E-state index contributed by atoms with van der Waals surface area (Å²) in [5.41, 5.74) is 2.49. The number of nitrogens with zero attached hydrogens (tertiary/aromatic N) is 1. The van der Waals surface area contributed by atoms with Crippen molar-refractivity contribution >= 4 is 11.9 Å². The molecular formula is C21H21NO4. The molecule has 0 N–H and O–H groups in total. The average molecular weight is 351 g/mol. The second-order valence-electron chi connectivity index (χ2n) is 6.44. The van der Waals surface area contributed by atoms with Crippen molar-refractivity contribution in [3.63, 3.8) is 0 Å². The molecule has 134 valence electrons. The van der Waals surface area contributed by atoms with Crippen LogP contribution in [0.15, 0.2) is 48.2 Å². The largest absolute Gasteiger partial charge is 0.478 e. The summed E-state index contributed by atoms with van der Waals surface area (Å²) in [5, 5.41) is 0. The smallest absolute Gasteiger partial charge is 0.231 e. The fraction of sp³-hybridized carbons (Fsp3) is 0.286. The third-order valence-electron chi connectivity index (χ3n) is 4.60. The van der Waals surface area contributed by atoms with Gasteiger partial charge in [0, 0.05) is 26.8 Å². The highest BCUT2D eigenvalue weighted by atomic mass is 16.5. The number of methoxy groups -OCH3 is 1. The Morgan fingerprint density at radius 3 is 2.85 bits per heavy atom. The van der Waals surface area contributed by atoms with Crippen LogP contribution in [0.2, 0.25) is 0 Å². The summed E-state index contributed by atoms with van der Waals surface area (Å²) in [5.74, 6) is 1.70. The van der Waals surface area contributed by atoms with Crippen molar-refractivity contribution in [1.82, 2.24) is 4.90 Å². The van der Waals surface area contributed by atoms with E-state index in [-0.39, 0.29) is 5.78 Å². The summed E-state index contributed by atoms with van der Waals surface area (Å²) in [6.07, 6.45) is 2.72. The summed E-state index contributed by atoms with van der Waals surface area (Å²) in [4.78, 5) is 14.9. The van der Waals surface area contributed by atoms with Gasteiger partial charge in [0.2, 0.25) is 5.78 Å². The maximum Gasteiger partial charge on any atom is 0.231 e. The Morgan fingerprint density at radius 1 is 1.19 bits per heavy atom. The zero-order valence-corrected chi connectivity index (χ0v) is 14.7. The van der Waals surface area contributed by atoms with Gasteiger partial charge in [0.15, 0.2) is 5.76 Å². The SMILES string of the molecule is COCCCN1COc2ccc3c(c2C1)O/C(=C/c1ccccc1)C3=O. The molecule has 2 aliphatic rings. The minimum absolute atomic E-state index is 0.0804. The number of allylic oxidation sites excluding steroid dienone is 1. The standard InChI is InChI=1S/C21H21NO4/c1-24-11-5-10-22-13-17-18(25-14-22)9-8-16-20(23)19(26-21(16)17)12-15-6-3-2-4-7-15/h2-4,6-9,12H,5,10-11,13-14H2,1H3/b19-12+. The number of hydrogen-bond acceptors (Lipinski definition) is 5. The van der Waals surface area contributed by atoms with Crippen LogP contribution in [-0.2, 0) is 11.3 Å². The number of ether oxygens (including phenoxy) is 3. The highest BCUT2D eigenvalue weighted by molar-refractivity contribution is 6.15. The van der Waals surface area contributed by atoms with Crippen LogP contribution in [0.5, 0.6) is 11.5 Å². The fourth-order valence-electron chi connectivity index (χ4n) is 3.28. The lowest BCUT2D eigenvalue weighted by atomic mass is 10.0. The quantitative estimate of drug-likeness (QED) is 0.610. The second kappa shape index (κ2) is 7.32. The first kappa shape index (κ1) is 16.8. The van der Waals surface area contributed by atoms with E-state index in [1.54, 1.807) is 19.3 Å². The normalized spacial score (nSPS) is 17.6. The highest BCUT2D eigenvalue weighted by Gasteiger charge is 2.33. The molecule has 0 fully saturated rings. The van der Waals surface area contributed by atoms with Crippen molar-refractivity contribution in [2.45, 2.75) is 13.0 Å². The Bertz CT molecular complexity index is 845. The summed E-state index contributed by atoms with van der Waals surface area (Å²) in [7, 11) is 1.70. The molecule has 0 radical (unpaired) electrons. The molecule has 2 aromatic rings. The van der Waals surface area contributed by atoms with Gasteiger partial charge in [-0.2, -0.15) is 0 Å². The molecule has 0 saturated carbocycles. The molecule has 0 unspecified atom stereocenters. The lowest BCUT2D eigenvalue weighted by molar-refractivity contribution is 0.0823. The maximum atomic E-state index is 12.7. The molecule has 5 nitrogen and oxygen atoms in total. The molecule has 0 aromatic heterocycles. The second-order valence-corrected chi connectivity index (χ2v) is 6.44. The molecule has 5 heteroatoms. The molecule has 26 heavy (non-hydrogen) atoms. The van der Waals surface area contributed by atoms with Gasteiger partial charge < -0.3 is 14.2 Å². The number of Topliss-reactive ketones (excluding diaryl/α,β-unsaturated/α-hetero) is 1. The van der Waals surface area contributed by atoms with E-state index in [0.29, 0.717) is 30.3 Å². The predicted molar refractivity (Wildman–Crippen MR) is 98.2 cm³/mol. The minimum atomic E-state index is -0.0804. The van der Waals surface area contributed by atoms with Gasteiger partial charge in [0.1, 0.15) is 18.2 Å². The highest BCUT2D eigenvalue weighted by Crippen LogP contribution is 2.41. The predicted octanol–water partition coefficient (Wildman–Crippen LogP) is 3.49. The first-order valence-corrected chi connectivity index (χ1v) is 8.75. The lowest BCUT2D eigenvalue weighted by Gasteiger charge is -2.29. The van der Waals surface area contributed by atoms with Crippen molar-refractivity contribution in [2.24, 2.45) is 0 Å². The van der Waals surface area contributed by atoms with E-state index < -0.39 is 0 Å². The molecule has 0 aliphatic carbocycles. The number of ketones is 1. The number of rotatable bonds is 5. The third-order valence-corrected chi connectivity index (χ3v) is 4.60. The summed E-state index contributed by atoms with van der Waals surface area (Å²) < 4.78 is 16.9. The molecule has 0 spiro atoms. The molecule has 2 aliphatic heterocycles. The van der Waals surface area contributed by atoms with Crippen molar-refractivity contribution < 1.29 is 19.0 Å². The molecule has 0 amide bonds. The van der Waals surface area contributed by atoms with Gasteiger partial charge in [-0.25, -0.2) is 0 Å². The van der Waals surface area contributed by atoms with Crippen molar-refractivity contribution in [1.29, 1.82) is 0 Å². The summed E-state index contributed by atoms with van der Waals surface area (Å²) in [6.45, 7) is 2.83. The van der Waals surface area contributed by atoms with Gasteiger partial charge in [-0.1, -0.05) is 30.3 Å². The average Bonchev–Trinajstić information content (AvgIpc) is 2.99. The van der Waals surface area contributed by atoms with Gasteiger partial charge >= 0.3 is 0 Å². The first-order chi connectivity index (χ1) is 12.8. The van der Waals surface area contributed by atoms with Crippen molar-refractivity contribution in [2.75, 3.05) is 27.0 Å². The Morgan fingerprint density at radius 2 is 2.04 bits per heavy atom. The van der Waals surface area contributed by atoms with Crippen LogP contribution in [0.4, 0.5) is 0 Å². The third kappa shape index (κ3) is 3.23. The zero-order chi connectivity index (χ0) is 17.9. The van der Waals surface area contributed by atoms with Crippen LogP contribution < -0.4 is 9.47 Å². The fourth-order valence-corrected chi connectivity index (χ4v) is 3.28. The number of fused-ring (bicyclic) bond motifs is 3. The number of carbonyl (C=O) groups is 1. The van der Waals surface area contributed by atoms with Crippen LogP contribution in [-0.4, -0.2) is 37.7 Å². The number of carbonyl (C=O) groups excluding carboxylic acids is 1. The lowest BCUT2D eigenvalue weighted by Crippen LogP contribution is -2.33. The van der Waals surface area contributed by atoms with Gasteiger partial charge in [-0.05, 0) is 30.2 Å². The topological polar surface area (TPSA) is 48.0 Å². The van der Waals surface area contributed by atoms with E-state index >= 15 is 0 Å². The van der Waals surface area contributed by atoms with Crippen molar-refractivity contribution in [3.05, 3.63) is 64.9 Å². The molecule has 2 heterocycles. The molecule has 0 bridgehead atoms. The van der Waals surface area contributed by atoms with Crippen LogP contribution in [0, 0.1) is 0 Å². The Kier molecular flexibility index (Phi) is 4.73. The van der Waals surface area contributed by atoms with Gasteiger partial charge in [-0.3, -0.25) is 9.69 Å². The van der Waals surface area contributed by atoms with E-state index in [1.807, 2.05) is 36.4 Å².